The second kappa shape index (κ2) is 5.42. The molecule has 0 spiro atoms. The van der Waals surface area contributed by atoms with E-state index >= 15 is 0 Å². The summed E-state index contributed by atoms with van der Waals surface area (Å²) in [6.45, 7) is 0. The van der Waals surface area contributed by atoms with Crippen molar-refractivity contribution in [2.75, 3.05) is 19.9 Å². The van der Waals surface area contributed by atoms with Crippen molar-refractivity contribution in [2.24, 2.45) is 5.92 Å². The van der Waals surface area contributed by atoms with Gasteiger partial charge in [-0.25, -0.2) is 0 Å². The number of thioether (sulfide) groups is 1. The summed E-state index contributed by atoms with van der Waals surface area (Å²) < 4.78 is 6.21. The van der Waals surface area contributed by atoms with Crippen LogP contribution in [-0.2, 0) is 9.53 Å². The zero-order chi connectivity index (χ0) is 12.3. The summed E-state index contributed by atoms with van der Waals surface area (Å²) in [6.07, 6.45) is 2.22. The monoisotopic (exact) mass is 271 g/mol. The van der Waals surface area contributed by atoms with Gasteiger partial charge in [-0.2, -0.15) is 0 Å². The predicted molar refractivity (Wildman–Crippen MR) is 71.6 cm³/mol. The summed E-state index contributed by atoms with van der Waals surface area (Å²) in [5, 5.41) is 5.25. The minimum absolute atomic E-state index is 0.133. The van der Waals surface area contributed by atoms with Crippen LogP contribution in [0.2, 0.25) is 0 Å². The molecule has 1 unspecified atom stereocenters. The number of hydrogen-bond acceptors (Lipinski definition) is 5. The molecule has 0 aromatic carbocycles. The Balaban J connectivity index is 2.07. The Morgan fingerprint density at radius 3 is 2.94 bits per heavy atom. The van der Waals surface area contributed by atoms with E-state index in [0.29, 0.717) is 5.92 Å². The van der Waals surface area contributed by atoms with E-state index in [2.05, 4.69) is 16.8 Å². The number of nitrogens with one attached hydrogen (secondary N) is 1. The zero-order valence-corrected chi connectivity index (χ0v) is 11.7. The largest absolute Gasteiger partial charge is 0.468 e. The average molecular weight is 271 g/mol. The highest BCUT2D eigenvalue weighted by Crippen LogP contribution is 2.43. The molecule has 0 saturated heterocycles. The Labute approximate surface area is 110 Å². The van der Waals surface area contributed by atoms with Gasteiger partial charge in [-0.1, -0.05) is 6.07 Å². The molecule has 1 aliphatic carbocycles. The van der Waals surface area contributed by atoms with Crippen molar-refractivity contribution >= 4 is 29.1 Å². The molecule has 94 valence electrons. The first-order valence-electron chi connectivity index (χ1n) is 5.66. The standard InChI is InChI=1S/C12H17NO2S2/c1-13-12(9-5-6-9,11(14)15-2)8-17-10-4-3-7-16-10/h3-4,7,9,13H,5-6,8H2,1-2H3. The molecular weight excluding hydrogens is 254 g/mol. The van der Waals surface area contributed by atoms with Crippen molar-refractivity contribution in [1.82, 2.24) is 5.32 Å². The van der Waals surface area contributed by atoms with Crippen molar-refractivity contribution in [3.63, 3.8) is 0 Å². The zero-order valence-electron chi connectivity index (χ0n) is 10.1. The van der Waals surface area contributed by atoms with Crippen molar-refractivity contribution in [3.8, 4) is 0 Å². The van der Waals surface area contributed by atoms with Crippen LogP contribution < -0.4 is 5.32 Å². The number of ether oxygens (including phenoxy) is 1. The summed E-state index contributed by atoms with van der Waals surface area (Å²) in [7, 11) is 3.32. The fourth-order valence-electron chi connectivity index (χ4n) is 2.01. The van der Waals surface area contributed by atoms with E-state index < -0.39 is 5.54 Å². The summed E-state index contributed by atoms with van der Waals surface area (Å²) in [5.41, 5.74) is -0.511. The van der Waals surface area contributed by atoms with E-state index in [-0.39, 0.29) is 5.97 Å². The van der Waals surface area contributed by atoms with E-state index in [1.165, 1.54) is 11.3 Å². The third kappa shape index (κ3) is 2.67. The summed E-state index contributed by atoms with van der Waals surface area (Å²) in [5.74, 6) is 1.03. The fourth-order valence-corrected chi connectivity index (χ4v) is 4.12. The van der Waals surface area contributed by atoms with Crippen molar-refractivity contribution < 1.29 is 9.53 Å². The third-order valence-electron chi connectivity index (χ3n) is 3.21. The molecule has 0 aliphatic heterocycles. The third-order valence-corrected chi connectivity index (χ3v) is 5.53. The van der Waals surface area contributed by atoms with Gasteiger partial charge in [-0.05, 0) is 37.3 Å². The van der Waals surface area contributed by atoms with E-state index in [1.54, 1.807) is 23.1 Å². The first-order valence-corrected chi connectivity index (χ1v) is 7.53. The van der Waals surface area contributed by atoms with Gasteiger partial charge in [0.2, 0.25) is 0 Å². The second-order valence-electron chi connectivity index (χ2n) is 4.21. The van der Waals surface area contributed by atoms with E-state index in [0.717, 1.165) is 18.6 Å². The van der Waals surface area contributed by atoms with Crippen LogP contribution in [0.1, 0.15) is 12.8 Å². The van der Waals surface area contributed by atoms with Crippen LogP contribution in [0.4, 0.5) is 0 Å². The highest BCUT2D eigenvalue weighted by molar-refractivity contribution is 8.01. The lowest BCUT2D eigenvalue weighted by Gasteiger charge is -2.30. The van der Waals surface area contributed by atoms with Gasteiger partial charge in [0, 0.05) is 5.75 Å². The molecule has 0 bridgehead atoms. The van der Waals surface area contributed by atoms with Gasteiger partial charge in [-0.15, -0.1) is 23.1 Å². The lowest BCUT2D eigenvalue weighted by Crippen LogP contribution is -2.55. The first kappa shape index (κ1) is 12.9. The van der Waals surface area contributed by atoms with Gasteiger partial charge in [-0.3, -0.25) is 4.79 Å². The molecule has 3 nitrogen and oxygen atoms in total. The van der Waals surface area contributed by atoms with E-state index in [4.69, 9.17) is 4.74 Å². The lowest BCUT2D eigenvalue weighted by molar-refractivity contribution is -0.148. The maximum atomic E-state index is 12.0. The highest BCUT2D eigenvalue weighted by atomic mass is 32.2. The molecule has 0 amide bonds. The van der Waals surface area contributed by atoms with Gasteiger partial charge in [0.05, 0.1) is 11.3 Å². The minimum atomic E-state index is -0.511. The van der Waals surface area contributed by atoms with Crippen LogP contribution in [0.15, 0.2) is 21.7 Å². The molecule has 17 heavy (non-hydrogen) atoms. The van der Waals surface area contributed by atoms with Crippen LogP contribution in [0.3, 0.4) is 0 Å². The number of rotatable bonds is 6. The molecule has 1 aromatic heterocycles. The van der Waals surface area contributed by atoms with Crippen LogP contribution in [0.5, 0.6) is 0 Å². The average Bonchev–Trinajstić information content (AvgIpc) is 3.07. The number of esters is 1. The van der Waals surface area contributed by atoms with Gasteiger partial charge in [0.15, 0.2) is 0 Å². The number of likely N-dealkylation sites (N-methyl/N-ethyl adjacent to an activating group) is 1. The topological polar surface area (TPSA) is 38.3 Å². The Morgan fingerprint density at radius 2 is 2.47 bits per heavy atom. The SMILES string of the molecule is CNC(CSc1cccs1)(C(=O)OC)C1CC1. The number of thiophene rings is 1. The molecule has 1 atom stereocenters. The molecule has 5 heteroatoms. The molecule has 2 rings (SSSR count). The van der Waals surface area contributed by atoms with Gasteiger partial charge >= 0.3 is 5.97 Å². The molecule has 1 N–H and O–H groups in total. The molecule has 1 heterocycles. The second-order valence-corrected chi connectivity index (χ2v) is 6.43. The van der Waals surface area contributed by atoms with Gasteiger partial charge < -0.3 is 10.1 Å². The van der Waals surface area contributed by atoms with E-state index in [1.807, 2.05) is 13.1 Å². The quantitative estimate of drug-likeness (QED) is 0.637. The molecule has 0 radical (unpaired) electrons. The number of hydrogen-bond donors (Lipinski definition) is 1. The first-order chi connectivity index (χ1) is 8.23. The smallest absolute Gasteiger partial charge is 0.327 e. The van der Waals surface area contributed by atoms with Crippen molar-refractivity contribution in [2.45, 2.75) is 22.6 Å². The van der Waals surface area contributed by atoms with Crippen LogP contribution in [0, 0.1) is 5.92 Å². The fraction of sp³-hybridized carbons (Fsp3) is 0.583. The van der Waals surface area contributed by atoms with Crippen molar-refractivity contribution in [3.05, 3.63) is 17.5 Å². The normalized spacial score (nSPS) is 18.7. The van der Waals surface area contributed by atoms with Gasteiger partial charge in [0.25, 0.3) is 0 Å². The number of methoxy groups -OCH3 is 1. The molecular formula is C12H17NO2S2. The van der Waals surface area contributed by atoms with Gasteiger partial charge in [0.1, 0.15) is 5.54 Å². The van der Waals surface area contributed by atoms with Crippen LogP contribution >= 0.6 is 23.1 Å². The summed E-state index contributed by atoms with van der Waals surface area (Å²) >= 11 is 3.43. The molecule has 1 fully saturated rings. The lowest BCUT2D eigenvalue weighted by atomic mass is 9.96. The molecule has 1 aromatic rings. The number of carbonyl (C=O) groups excluding carboxylic acids is 1. The highest BCUT2D eigenvalue weighted by Gasteiger charge is 2.50. The summed E-state index contributed by atoms with van der Waals surface area (Å²) in [4.78, 5) is 12.0. The molecule has 1 saturated carbocycles. The maximum Gasteiger partial charge on any atom is 0.327 e. The maximum absolute atomic E-state index is 12.0. The Bertz CT molecular complexity index is 376. The van der Waals surface area contributed by atoms with Crippen molar-refractivity contribution in [1.29, 1.82) is 0 Å². The predicted octanol–water partition coefficient (Wildman–Crippen LogP) is 2.38. The Hall–Kier alpha value is -0.520. The summed E-state index contributed by atoms with van der Waals surface area (Å²) in [6, 6.07) is 4.11. The van der Waals surface area contributed by atoms with Crippen LogP contribution in [-0.4, -0.2) is 31.4 Å². The minimum Gasteiger partial charge on any atom is -0.468 e. The number of carbonyl (C=O) groups is 1. The molecule has 1 aliphatic rings. The Morgan fingerprint density at radius 1 is 1.71 bits per heavy atom. The van der Waals surface area contributed by atoms with Crippen LogP contribution in [0.25, 0.3) is 0 Å². The Kier molecular flexibility index (Phi) is 4.12. The van der Waals surface area contributed by atoms with E-state index in [9.17, 15) is 4.79 Å².